The third kappa shape index (κ3) is 4.55. The van der Waals surface area contributed by atoms with Gasteiger partial charge < -0.3 is 5.32 Å². The first-order chi connectivity index (χ1) is 13.6. The van der Waals surface area contributed by atoms with Crippen LogP contribution >= 0.6 is 0 Å². The second-order valence-electron chi connectivity index (χ2n) is 5.95. The number of hydrogen-bond donors (Lipinski definition) is 2. The molecule has 11 heteroatoms. The molecule has 3 rings (SSSR count). The zero-order valence-corrected chi connectivity index (χ0v) is 14.3. The number of aromatic nitrogens is 3. The average Bonchev–Trinajstić information content (AvgIpc) is 3.20. The van der Waals surface area contributed by atoms with E-state index in [1.807, 2.05) is 0 Å². The molecule has 0 bridgehead atoms. The van der Waals surface area contributed by atoms with Crippen molar-refractivity contribution in [3.05, 3.63) is 82.9 Å². The van der Waals surface area contributed by atoms with Crippen molar-refractivity contribution in [2.45, 2.75) is 18.4 Å². The molecule has 0 saturated heterocycles. The van der Waals surface area contributed by atoms with Gasteiger partial charge in [0.05, 0.1) is 34.6 Å². The zero-order chi connectivity index (χ0) is 21.2. The minimum Gasteiger partial charge on any atom is -0.339 e. The molecule has 1 amide bonds. The molecule has 2 aromatic heterocycles. The van der Waals surface area contributed by atoms with Crippen LogP contribution in [0.25, 0.3) is 0 Å². The first kappa shape index (κ1) is 20.4. The van der Waals surface area contributed by atoms with E-state index in [2.05, 4.69) is 20.5 Å². The lowest BCUT2D eigenvalue weighted by Gasteiger charge is -2.22. The molecule has 3 aromatic rings. The second-order valence-corrected chi connectivity index (χ2v) is 5.95. The Labute approximate surface area is 159 Å². The molecule has 1 aromatic carbocycles. The molecule has 2 heterocycles. The van der Waals surface area contributed by atoms with Crippen LogP contribution in [0.4, 0.5) is 26.3 Å². The number of amides is 1. The molecule has 0 radical (unpaired) electrons. The SMILES string of the molecule is O=C(NC(c1ccc(C(F)(F)F)cc1)c1ncccc1C(F)(F)F)c1cn[nH]c1. The van der Waals surface area contributed by atoms with Crippen molar-refractivity contribution in [2.75, 3.05) is 0 Å². The average molecular weight is 414 g/mol. The van der Waals surface area contributed by atoms with Gasteiger partial charge in [0.15, 0.2) is 0 Å². The predicted molar refractivity (Wildman–Crippen MR) is 88.6 cm³/mol. The van der Waals surface area contributed by atoms with Gasteiger partial charge in [0.1, 0.15) is 0 Å². The molecule has 5 nitrogen and oxygen atoms in total. The zero-order valence-electron chi connectivity index (χ0n) is 14.3. The van der Waals surface area contributed by atoms with E-state index in [-0.39, 0.29) is 11.1 Å². The fraction of sp³-hybridized carbons (Fsp3) is 0.167. The van der Waals surface area contributed by atoms with Gasteiger partial charge in [-0.1, -0.05) is 12.1 Å². The van der Waals surface area contributed by atoms with Crippen LogP contribution in [0.2, 0.25) is 0 Å². The lowest BCUT2D eigenvalue weighted by molar-refractivity contribution is -0.139. The molecule has 0 aliphatic heterocycles. The number of halogens is 6. The molecular formula is C18H12F6N4O. The van der Waals surface area contributed by atoms with E-state index in [9.17, 15) is 31.1 Å². The second kappa shape index (κ2) is 7.57. The monoisotopic (exact) mass is 414 g/mol. The van der Waals surface area contributed by atoms with Crippen LogP contribution in [0, 0.1) is 0 Å². The smallest absolute Gasteiger partial charge is 0.339 e. The Hall–Kier alpha value is -3.37. The van der Waals surface area contributed by atoms with Gasteiger partial charge in [-0.2, -0.15) is 31.4 Å². The van der Waals surface area contributed by atoms with Crippen molar-refractivity contribution in [2.24, 2.45) is 0 Å². The summed E-state index contributed by atoms with van der Waals surface area (Å²) in [7, 11) is 0. The van der Waals surface area contributed by atoms with Gasteiger partial charge in [0.25, 0.3) is 5.91 Å². The Kier molecular flexibility index (Phi) is 5.31. The van der Waals surface area contributed by atoms with Crippen LogP contribution in [0.5, 0.6) is 0 Å². The van der Waals surface area contributed by atoms with E-state index in [1.54, 1.807) is 0 Å². The molecule has 0 spiro atoms. The van der Waals surface area contributed by atoms with Crippen LogP contribution in [0.15, 0.2) is 55.0 Å². The third-order valence-corrected chi connectivity index (χ3v) is 4.02. The summed E-state index contributed by atoms with van der Waals surface area (Å²) in [5.74, 6) is -0.776. The molecule has 0 fully saturated rings. The first-order valence-electron chi connectivity index (χ1n) is 8.06. The highest BCUT2D eigenvalue weighted by Gasteiger charge is 2.37. The molecule has 29 heavy (non-hydrogen) atoms. The van der Waals surface area contributed by atoms with Crippen molar-refractivity contribution >= 4 is 5.91 Å². The van der Waals surface area contributed by atoms with Crippen LogP contribution in [0.1, 0.15) is 38.8 Å². The molecule has 0 saturated carbocycles. The van der Waals surface area contributed by atoms with Gasteiger partial charge in [-0.15, -0.1) is 0 Å². The minimum atomic E-state index is -4.78. The predicted octanol–water partition coefficient (Wildman–Crippen LogP) is 4.36. The highest BCUT2D eigenvalue weighted by Crippen LogP contribution is 2.36. The molecule has 1 atom stereocenters. The lowest BCUT2D eigenvalue weighted by Crippen LogP contribution is -2.31. The van der Waals surface area contributed by atoms with Gasteiger partial charge in [0.2, 0.25) is 0 Å². The standard InChI is InChI=1S/C18H12F6N4O/c19-17(20,21)12-5-3-10(4-6-12)14(28-16(29)11-8-26-27-9-11)15-13(18(22,23)24)2-1-7-25-15/h1-9,14H,(H,26,27)(H,28,29). The number of alkyl halides is 6. The Morgan fingerprint density at radius 2 is 1.69 bits per heavy atom. The Balaban J connectivity index is 2.07. The summed E-state index contributed by atoms with van der Waals surface area (Å²) in [6.45, 7) is 0. The maximum absolute atomic E-state index is 13.4. The summed E-state index contributed by atoms with van der Waals surface area (Å²) < 4.78 is 78.8. The Morgan fingerprint density at radius 1 is 1.00 bits per heavy atom. The summed E-state index contributed by atoms with van der Waals surface area (Å²) in [6.07, 6.45) is -5.92. The Morgan fingerprint density at radius 3 is 2.24 bits per heavy atom. The van der Waals surface area contributed by atoms with Crippen molar-refractivity contribution in [1.82, 2.24) is 20.5 Å². The van der Waals surface area contributed by atoms with Gasteiger partial charge in [-0.05, 0) is 29.8 Å². The molecule has 0 aliphatic rings. The summed E-state index contributed by atoms with van der Waals surface area (Å²) in [6, 6.07) is 3.86. The fourth-order valence-corrected chi connectivity index (χ4v) is 2.65. The summed E-state index contributed by atoms with van der Waals surface area (Å²) in [5.41, 5.74) is -2.60. The third-order valence-electron chi connectivity index (χ3n) is 4.02. The normalized spacial score (nSPS) is 13.2. The molecule has 0 aliphatic carbocycles. The van der Waals surface area contributed by atoms with Crippen LogP contribution in [0.3, 0.4) is 0 Å². The molecule has 2 N–H and O–H groups in total. The van der Waals surface area contributed by atoms with E-state index in [0.29, 0.717) is 0 Å². The number of hydrogen-bond acceptors (Lipinski definition) is 3. The number of carbonyl (C=O) groups is 1. The maximum Gasteiger partial charge on any atom is 0.418 e. The van der Waals surface area contributed by atoms with Gasteiger partial charge in [-0.3, -0.25) is 14.9 Å². The summed E-state index contributed by atoms with van der Waals surface area (Å²) >= 11 is 0. The molecular weight excluding hydrogens is 402 g/mol. The van der Waals surface area contributed by atoms with Gasteiger partial charge in [0, 0.05) is 12.4 Å². The van der Waals surface area contributed by atoms with Gasteiger partial charge >= 0.3 is 12.4 Å². The highest BCUT2D eigenvalue weighted by atomic mass is 19.4. The number of pyridine rings is 1. The van der Waals surface area contributed by atoms with Crippen LogP contribution in [-0.4, -0.2) is 21.1 Å². The van der Waals surface area contributed by atoms with Crippen molar-refractivity contribution in [3.8, 4) is 0 Å². The number of benzene rings is 1. The van der Waals surface area contributed by atoms with Crippen LogP contribution < -0.4 is 5.32 Å². The van der Waals surface area contributed by atoms with Crippen molar-refractivity contribution in [3.63, 3.8) is 0 Å². The largest absolute Gasteiger partial charge is 0.418 e. The van der Waals surface area contributed by atoms with E-state index in [1.165, 1.54) is 6.20 Å². The molecule has 152 valence electrons. The Bertz CT molecular complexity index is 981. The van der Waals surface area contributed by atoms with Crippen molar-refractivity contribution in [1.29, 1.82) is 0 Å². The first-order valence-corrected chi connectivity index (χ1v) is 8.06. The van der Waals surface area contributed by atoms with Crippen molar-refractivity contribution < 1.29 is 31.1 Å². The number of carbonyl (C=O) groups excluding carboxylic acids is 1. The van der Waals surface area contributed by atoms with E-state index in [0.717, 1.165) is 48.8 Å². The number of aromatic amines is 1. The summed E-state index contributed by atoms with van der Waals surface area (Å²) in [4.78, 5) is 16.1. The number of nitrogens with one attached hydrogen (secondary N) is 2. The van der Waals surface area contributed by atoms with E-state index in [4.69, 9.17) is 0 Å². The quantitative estimate of drug-likeness (QED) is 0.624. The van der Waals surface area contributed by atoms with E-state index >= 15 is 0 Å². The highest BCUT2D eigenvalue weighted by molar-refractivity contribution is 5.94. The lowest BCUT2D eigenvalue weighted by atomic mass is 9.97. The maximum atomic E-state index is 13.4. The number of rotatable bonds is 4. The fourth-order valence-electron chi connectivity index (χ4n) is 2.65. The van der Waals surface area contributed by atoms with Crippen LogP contribution in [-0.2, 0) is 12.4 Å². The number of nitrogens with zero attached hydrogens (tertiary/aromatic N) is 2. The van der Waals surface area contributed by atoms with Gasteiger partial charge in [-0.25, -0.2) is 0 Å². The minimum absolute atomic E-state index is 0.000884. The number of H-pyrrole nitrogens is 1. The summed E-state index contributed by atoms with van der Waals surface area (Å²) in [5, 5.41) is 8.36. The topological polar surface area (TPSA) is 70.7 Å². The molecule has 1 unspecified atom stereocenters. The van der Waals surface area contributed by atoms with E-state index < -0.39 is 41.1 Å².